The number of carbonyl (C=O) groups is 2. The highest BCUT2D eigenvalue weighted by Gasteiger charge is 2.28. The predicted molar refractivity (Wildman–Crippen MR) is 91.3 cm³/mol. The van der Waals surface area contributed by atoms with Crippen molar-refractivity contribution in [3.63, 3.8) is 0 Å². The molecule has 2 N–H and O–H groups in total. The summed E-state index contributed by atoms with van der Waals surface area (Å²) in [4.78, 5) is 52.6. The van der Waals surface area contributed by atoms with Gasteiger partial charge in [0.05, 0.1) is 12.3 Å². The molecule has 1 unspecified atom stereocenters. The third-order valence-electron chi connectivity index (χ3n) is 4.45. The van der Waals surface area contributed by atoms with Crippen molar-refractivity contribution in [3.05, 3.63) is 40.1 Å². The molecule has 0 radical (unpaired) electrons. The van der Waals surface area contributed by atoms with Crippen LogP contribution in [0.3, 0.4) is 0 Å². The Morgan fingerprint density at radius 3 is 2.73 bits per heavy atom. The Labute approximate surface area is 149 Å². The number of piperidine rings is 1. The quantitative estimate of drug-likeness (QED) is 0.810. The van der Waals surface area contributed by atoms with Crippen molar-refractivity contribution in [1.82, 2.24) is 24.8 Å². The van der Waals surface area contributed by atoms with E-state index in [4.69, 9.17) is 5.11 Å². The monoisotopic (exact) mass is 357 g/mol. The number of likely N-dealkylation sites (tertiary alicyclic amines) is 1. The van der Waals surface area contributed by atoms with Gasteiger partial charge in [-0.2, -0.15) is 0 Å². The molecule has 0 aromatic carbocycles. The van der Waals surface area contributed by atoms with Crippen LogP contribution in [0.2, 0.25) is 0 Å². The molecule has 26 heavy (non-hydrogen) atoms. The minimum Gasteiger partial charge on any atom is -0.481 e. The number of H-pyrrole nitrogens is 1. The second-order valence-electron chi connectivity index (χ2n) is 6.24. The van der Waals surface area contributed by atoms with Crippen molar-refractivity contribution in [3.8, 4) is 11.6 Å². The van der Waals surface area contributed by atoms with Gasteiger partial charge in [0.2, 0.25) is 5.91 Å². The lowest BCUT2D eigenvalue weighted by Crippen LogP contribution is -2.43. The fourth-order valence-electron chi connectivity index (χ4n) is 3.01. The van der Waals surface area contributed by atoms with Gasteiger partial charge in [-0.05, 0) is 25.8 Å². The van der Waals surface area contributed by atoms with Crippen molar-refractivity contribution in [2.75, 3.05) is 13.1 Å². The van der Waals surface area contributed by atoms with Gasteiger partial charge in [-0.25, -0.2) is 15.0 Å². The number of rotatable bonds is 4. The number of aromatic amines is 1. The van der Waals surface area contributed by atoms with Gasteiger partial charge < -0.3 is 15.0 Å². The summed E-state index contributed by atoms with van der Waals surface area (Å²) in [6.45, 7) is 2.33. The SMILES string of the molecule is Cc1nc(-c2ncccn2)[nH]c(=O)c1CC(=O)N1CCCC(C(=O)O)C1. The van der Waals surface area contributed by atoms with Crippen LogP contribution in [0.1, 0.15) is 24.1 Å². The van der Waals surface area contributed by atoms with Crippen LogP contribution < -0.4 is 5.56 Å². The van der Waals surface area contributed by atoms with Crippen LogP contribution >= 0.6 is 0 Å². The molecule has 1 aliphatic rings. The molecule has 0 spiro atoms. The highest BCUT2D eigenvalue weighted by Crippen LogP contribution is 2.18. The van der Waals surface area contributed by atoms with E-state index in [1.165, 1.54) is 4.90 Å². The number of nitrogens with zero attached hydrogens (tertiary/aromatic N) is 4. The summed E-state index contributed by atoms with van der Waals surface area (Å²) in [5.41, 5.74) is 0.281. The van der Waals surface area contributed by atoms with Crippen LogP contribution in [0, 0.1) is 12.8 Å². The zero-order valence-electron chi connectivity index (χ0n) is 14.3. The average molecular weight is 357 g/mol. The largest absolute Gasteiger partial charge is 0.481 e. The number of aromatic nitrogens is 4. The van der Waals surface area contributed by atoms with Gasteiger partial charge in [-0.1, -0.05) is 0 Å². The molecule has 0 bridgehead atoms. The van der Waals surface area contributed by atoms with E-state index in [1.807, 2.05) is 0 Å². The number of aryl methyl sites for hydroxylation is 1. The molecule has 1 atom stereocenters. The van der Waals surface area contributed by atoms with Gasteiger partial charge >= 0.3 is 5.97 Å². The highest BCUT2D eigenvalue weighted by molar-refractivity contribution is 5.80. The van der Waals surface area contributed by atoms with Crippen LogP contribution in [-0.2, 0) is 16.0 Å². The topological polar surface area (TPSA) is 129 Å². The summed E-state index contributed by atoms with van der Waals surface area (Å²) in [5, 5.41) is 9.14. The van der Waals surface area contributed by atoms with Gasteiger partial charge in [0.25, 0.3) is 5.56 Å². The van der Waals surface area contributed by atoms with Crippen molar-refractivity contribution in [2.24, 2.45) is 5.92 Å². The number of amides is 1. The van der Waals surface area contributed by atoms with Crippen molar-refractivity contribution in [1.29, 1.82) is 0 Å². The molecule has 2 aromatic rings. The first-order valence-corrected chi connectivity index (χ1v) is 8.33. The molecule has 3 rings (SSSR count). The van der Waals surface area contributed by atoms with E-state index >= 15 is 0 Å². The molecule has 1 amide bonds. The molecular formula is C17H19N5O4. The highest BCUT2D eigenvalue weighted by atomic mass is 16.4. The summed E-state index contributed by atoms with van der Waals surface area (Å²) >= 11 is 0. The zero-order valence-corrected chi connectivity index (χ0v) is 14.3. The smallest absolute Gasteiger partial charge is 0.308 e. The standard InChI is InChI=1S/C17H19N5O4/c1-10-12(8-13(23)22-7-2-4-11(9-22)17(25)26)16(24)21-15(20-10)14-18-5-3-6-19-14/h3,5-6,11H,2,4,7-9H2,1H3,(H,25,26)(H,20,21,24). The fourth-order valence-corrected chi connectivity index (χ4v) is 3.01. The molecule has 9 heteroatoms. The van der Waals surface area contributed by atoms with Crippen molar-refractivity contribution in [2.45, 2.75) is 26.2 Å². The molecule has 1 saturated heterocycles. The normalized spacial score (nSPS) is 17.1. The van der Waals surface area contributed by atoms with Gasteiger partial charge in [0.15, 0.2) is 11.6 Å². The molecule has 9 nitrogen and oxygen atoms in total. The Morgan fingerprint density at radius 1 is 1.35 bits per heavy atom. The summed E-state index contributed by atoms with van der Waals surface area (Å²) in [6.07, 6.45) is 4.18. The Morgan fingerprint density at radius 2 is 2.08 bits per heavy atom. The molecule has 136 valence electrons. The maximum absolute atomic E-state index is 12.5. The molecule has 3 heterocycles. The Bertz CT molecular complexity index is 880. The van der Waals surface area contributed by atoms with E-state index in [-0.39, 0.29) is 30.3 Å². The van der Waals surface area contributed by atoms with E-state index < -0.39 is 17.4 Å². The lowest BCUT2D eigenvalue weighted by molar-refractivity contribution is -0.145. The minimum absolute atomic E-state index is 0.115. The lowest BCUT2D eigenvalue weighted by atomic mass is 9.97. The minimum atomic E-state index is -0.898. The maximum atomic E-state index is 12.5. The molecule has 2 aromatic heterocycles. The average Bonchev–Trinajstić information content (AvgIpc) is 2.65. The van der Waals surface area contributed by atoms with Crippen LogP contribution in [0.5, 0.6) is 0 Å². The van der Waals surface area contributed by atoms with Gasteiger partial charge in [0.1, 0.15) is 0 Å². The van der Waals surface area contributed by atoms with Gasteiger partial charge in [-0.3, -0.25) is 14.4 Å². The first kappa shape index (κ1) is 17.7. The number of hydrogen-bond acceptors (Lipinski definition) is 6. The van der Waals surface area contributed by atoms with Crippen LogP contribution in [0.25, 0.3) is 11.6 Å². The van der Waals surface area contributed by atoms with E-state index in [0.29, 0.717) is 30.9 Å². The number of carboxylic acid groups (broad SMARTS) is 1. The number of aliphatic carboxylic acids is 1. The fraction of sp³-hybridized carbons (Fsp3) is 0.412. The summed E-state index contributed by atoms with van der Waals surface area (Å²) in [5.74, 6) is -1.18. The summed E-state index contributed by atoms with van der Waals surface area (Å²) in [7, 11) is 0. The Hall–Kier alpha value is -3.10. The number of carboxylic acids is 1. The van der Waals surface area contributed by atoms with Gasteiger partial charge in [-0.15, -0.1) is 0 Å². The van der Waals surface area contributed by atoms with Crippen molar-refractivity contribution < 1.29 is 14.7 Å². The molecule has 0 aliphatic carbocycles. The Balaban J connectivity index is 1.79. The third-order valence-corrected chi connectivity index (χ3v) is 4.45. The van der Waals surface area contributed by atoms with E-state index in [2.05, 4.69) is 19.9 Å². The third kappa shape index (κ3) is 3.76. The molecular weight excluding hydrogens is 338 g/mol. The second kappa shape index (κ2) is 7.42. The zero-order chi connectivity index (χ0) is 18.7. The predicted octanol–water partition coefficient (Wildman–Crippen LogP) is 0.401. The Kier molecular flexibility index (Phi) is 5.06. The first-order valence-electron chi connectivity index (χ1n) is 8.33. The number of nitrogens with one attached hydrogen (secondary N) is 1. The summed E-state index contributed by atoms with van der Waals surface area (Å²) in [6, 6.07) is 1.66. The second-order valence-corrected chi connectivity index (χ2v) is 6.24. The van der Waals surface area contributed by atoms with Crippen LogP contribution in [-0.4, -0.2) is 54.9 Å². The summed E-state index contributed by atoms with van der Waals surface area (Å²) < 4.78 is 0. The van der Waals surface area contributed by atoms with Crippen molar-refractivity contribution >= 4 is 11.9 Å². The molecule has 1 fully saturated rings. The lowest BCUT2D eigenvalue weighted by Gasteiger charge is -2.30. The van der Waals surface area contributed by atoms with E-state index in [9.17, 15) is 14.4 Å². The first-order chi connectivity index (χ1) is 12.5. The van der Waals surface area contributed by atoms with E-state index in [0.717, 1.165) is 0 Å². The number of hydrogen-bond donors (Lipinski definition) is 2. The van der Waals surface area contributed by atoms with Crippen LogP contribution in [0.4, 0.5) is 0 Å². The molecule has 1 aliphatic heterocycles. The number of carbonyl (C=O) groups excluding carboxylic acids is 1. The maximum Gasteiger partial charge on any atom is 0.308 e. The molecule has 0 saturated carbocycles. The van der Waals surface area contributed by atoms with Gasteiger partial charge in [0, 0.05) is 36.7 Å². The van der Waals surface area contributed by atoms with E-state index in [1.54, 1.807) is 25.4 Å². The van der Waals surface area contributed by atoms with Crippen LogP contribution in [0.15, 0.2) is 23.3 Å².